The molecule has 0 aliphatic rings. The lowest BCUT2D eigenvalue weighted by Crippen LogP contribution is -2.30. The summed E-state index contributed by atoms with van der Waals surface area (Å²) >= 11 is 0. The van der Waals surface area contributed by atoms with Crippen molar-refractivity contribution in [2.45, 2.75) is 23.3 Å². The standard InChI is InChI=1S/C23H24N2O5S2/c1-3-25(17-18-7-5-4-6-8-18)32(29,30)22-13-9-19(10-14-22)23(26)24-20-11-15-21(16-12-20)31(2,27)28/h4-16H,3,17H2,1-2H3,(H,24,26). The molecule has 0 fully saturated rings. The number of amides is 1. The highest BCUT2D eigenvalue weighted by Gasteiger charge is 2.23. The number of nitrogens with zero attached hydrogens (tertiary/aromatic N) is 1. The Hall–Kier alpha value is -3.01. The normalized spacial score (nSPS) is 12.0. The summed E-state index contributed by atoms with van der Waals surface area (Å²) in [5.41, 5.74) is 1.59. The Bertz CT molecular complexity index is 1290. The molecule has 0 spiro atoms. The molecule has 3 aromatic carbocycles. The van der Waals surface area contributed by atoms with E-state index < -0.39 is 25.8 Å². The van der Waals surface area contributed by atoms with Gasteiger partial charge in [-0.1, -0.05) is 37.3 Å². The number of benzene rings is 3. The third-order valence-corrected chi connectivity index (χ3v) is 7.91. The van der Waals surface area contributed by atoms with Crippen LogP contribution in [0.5, 0.6) is 0 Å². The highest BCUT2D eigenvalue weighted by molar-refractivity contribution is 7.90. The number of carbonyl (C=O) groups is 1. The Morgan fingerprint density at radius 3 is 1.91 bits per heavy atom. The van der Waals surface area contributed by atoms with Crippen LogP contribution in [0.3, 0.4) is 0 Å². The minimum Gasteiger partial charge on any atom is -0.322 e. The van der Waals surface area contributed by atoms with E-state index >= 15 is 0 Å². The van der Waals surface area contributed by atoms with Crippen molar-refractivity contribution in [2.75, 3.05) is 18.1 Å². The Kier molecular flexibility index (Phi) is 7.12. The highest BCUT2D eigenvalue weighted by Crippen LogP contribution is 2.20. The number of nitrogens with one attached hydrogen (secondary N) is 1. The van der Waals surface area contributed by atoms with Gasteiger partial charge in [-0.15, -0.1) is 0 Å². The molecular formula is C23H24N2O5S2. The van der Waals surface area contributed by atoms with E-state index in [1.165, 1.54) is 52.8 Å². The molecule has 0 atom stereocenters. The average molecular weight is 473 g/mol. The fourth-order valence-corrected chi connectivity index (χ4v) is 5.14. The van der Waals surface area contributed by atoms with E-state index in [0.29, 0.717) is 12.2 Å². The fourth-order valence-electron chi connectivity index (χ4n) is 3.07. The van der Waals surface area contributed by atoms with Gasteiger partial charge in [-0.2, -0.15) is 4.31 Å². The van der Waals surface area contributed by atoms with Crippen molar-refractivity contribution in [1.29, 1.82) is 0 Å². The molecule has 0 radical (unpaired) electrons. The smallest absolute Gasteiger partial charge is 0.255 e. The van der Waals surface area contributed by atoms with Crippen LogP contribution in [-0.4, -0.2) is 39.8 Å². The first-order valence-corrected chi connectivity index (χ1v) is 13.2. The molecule has 3 rings (SSSR count). The number of anilines is 1. The summed E-state index contributed by atoms with van der Waals surface area (Å²) in [6.07, 6.45) is 1.11. The van der Waals surface area contributed by atoms with Crippen LogP contribution < -0.4 is 5.32 Å². The van der Waals surface area contributed by atoms with E-state index in [4.69, 9.17) is 0 Å². The molecule has 1 amide bonds. The zero-order valence-electron chi connectivity index (χ0n) is 17.7. The van der Waals surface area contributed by atoms with Crippen LogP contribution in [0.15, 0.2) is 88.7 Å². The van der Waals surface area contributed by atoms with Crippen LogP contribution in [0.25, 0.3) is 0 Å². The molecule has 3 aromatic rings. The van der Waals surface area contributed by atoms with Gasteiger partial charge in [0, 0.05) is 30.6 Å². The molecule has 0 heterocycles. The predicted octanol–water partition coefficient (Wildman–Crippen LogP) is 3.55. The summed E-state index contributed by atoms with van der Waals surface area (Å²) in [7, 11) is -7.05. The van der Waals surface area contributed by atoms with Gasteiger partial charge in [-0.3, -0.25) is 4.79 Å². The van der Waals surface area contributed by atoms with Gasteiger partial charge in [0.2, 0.25) is 10.0 Å². The molecule has 0 unspecified atom stereocenters. The quantitative estimate of drug-likeness (QED) is 0.540. The molecule has 0 saturated carbocycles. The number of hydrogen-bond acceptors (Lipinski definition) is 5. The van der Waals surface area contributed by atoms with E-state index in [0.717, 1.165) is 11.8 Å². The summed E-state index contributed by atoms with van der Waals surface area (Å²) in [6.45, 7) is 2.34. The van der Waals surface area contributed by atoms with Crippen molar-refractivity contribution in [3.8, 4) is 0 Å². The van der Waals surface area contributed by atoms with Crippen molar-refractivity contribution in [2.24, 2.45) is 0 Å². The Morgan fingerprint density at radius 1 is 0.812 bits per heavy atom. The second kappa shape index (κ2) is 9.64. The molecule has 168 valence electrons. The van der Waals surface area contributed by atoms with Gasteiger partial charge in [0.15, 0.2) is 9.84 Å². The monoisotopic (exact) mass is 472 g/mol. The number of rotatable bonds is 8. The number of sulfone groups is 1. The van der Waals surface area contributed by atoms with E-state index in [9.17, 15) is 21.6 Å². The Morgan fingerprint density at radius 2 is 1.38 bits per heavy atom. The summed E-state index contributed by atoms with van der Waals surface area (Å²) in [5.74, 6) is -0.433. The zero-order valence-corrected chi connectivity index (χ0v) is 19.4. The largest absolute Gasteiger partial charge is 0.322 e. The van der Waals surface area contributed by atoms with Crippen molar-refractivity contribution in [3.05, 3.63) is 90.0 Å². The van der Waals surface area contributed by atoms with Gasteiger partial charge in [-0.25, -0.2) is 16.8 Å². The third-order valence-electron chi connectivity index (χ3n) is 4.85. The van der Waals surface area contributed by atoms with Crippen LogP contribution in [0.2, 0.25) is 0 Å². The van der Waals surface area contributed by atoms with Gasteiger partial charge in [-0.05, 0) is 54.1 Å². The molecule has 7 nitrogen and oxygen atoms in total. The Labute approximate surface area is 188 Å². The minimum absolute atomic E-state index is 0.101. The molecule has 0 bridgehead atoms. The van der Waals surface area contributed by atoms with Crippen LogP contribution in [0.4, 0.5) is 5.69 Å². The molecule has 0 aromatic heterocycles. The molecule has 32 heavy (non-hydrogen) atoms. The van der Waals surface area contributed by atoms with Crippen molar-refractivity contribution in [1.82, 2.24) is 4.31 Å². The van der Waals surface area contributed by atoms with E-state index in [2.05, 4.69) is 5.32 Å². The number of carbonyl (C=O) groups excluding carboxylic acids is 1. The first-order valence-electron chi connectivity index (χ1n) is 9.87. The fraction of sp³-hybridized carbons (Fsp3) is 0.174. The molecule has 0 saturated heterocycles. The van der Waals surface area contributed by atoms with Gasteiger partial charge in [0.05, 0.1) is 9.79 Å². The molecule has 9 heteroatoms. The summed E-state index contributed by atoms with van der Waals surface area (Å²) in [6, 6.07) is 20.9. The lowest BCUT2D eigenvalue weighted by molar-refractivity contribution is 0.102. The van der Waals surface area contributed by atoms with Gasteiger partial charge in [0.25, 0.3) is 5.91 Å². The molecular weight excluding hydrogens is 448 g/mol. The molecule has 0 aliphatic heterocycles. The zero-order chi connectivity index (χ0) is 23.4. The van der Waals surface area contributed by atoms with Crippen LogP contribution >= 0.6 is 0 Å². The second-order valence-corrected chi connectivity index (χ2v) is 11.1. The van der Waals surface area contributed by atoms with E-state index in [1.54, 1.807) is 6.92 Å². The van der Waals surface area contributed by atoms with Gasteiger partial charge < -0.3 is 5.32 Å². The van der Waals surface area contributed by atoms with Crippen LogP contribution in [0.1, 0.15) is 22.8 Å². The van der Waals surface area contributed by atoms with Crippen LogP contribution in [0, 0.1) is 0 Å². The molecule has 1 N–H and O–H groups in total. The summed E-state index contributed by atoms with van der Waals surface area (Å²) in [4.78, 5) is 12.8. The predicted molar refractivity (Wildman–Crippen MR) is 124 cm³/mol. The van der Waals surface area contributed by atoms with Crippen molar-refractivity contribution < 1.29 is 21.6 Å². The topological polar surface area (TPSA) is 101 Å². The molecule has 0 aliphatic carbocycles. The number of sulfonamides is 1. The first-order chi connectivity index (χ1) is 15.1. The van der Waals surface area contributed by atoms with Crippen molar-refractivity contribution >= 4 is 31.5 Å². The number of hydrogen-bond donors (Lipinski definition) is 1. The van der Waals surface area contributed by atoms with Gasteiger partial charge in [0.1, 0.15) is 0 Å². The van der Waals surface area contributed by atoms with Gasteiger partial charge >= 0.3 is 0 Å². The first kappa shape index (κ1) is 23.6. The lowest BCUT2D eigenvalue weighted by atomic mass is 10.2. The van der Waals surface area contributed by atoms with E-state index in [-0.39, 0.29) is 21.9 Å². The van der Waals surface area contributed by atoms with E-state index in [1.807, 2.05) is 30.3 Å². The van der Waals surface area contributed by atoms with Crippen LogP contribution in [-0.2, 0) is 26.4 Å². The summed E-state index contributed by atoms with van der Waals surface area (Å²) < 4.78 is 50.5. The minimum atomic E-state index is -3.72. The van der Waals surface area contributed by atoms with Crippen molar-refractivity contribution in [3.63, 3.8) is 0 Å². The SMILES string of the molecule is CCN(Cc1ccccc1)S(=O)(=O)c1ccc(C(=O)Nc2ccc(S(C)(=O)=O)cc2)cc1. The summed E-state index contributed by atoms with van der Waals surface area (Å²) in [5, 5.41) is 2.67. The Balaban J connectivity index is 1.73. The highest BCUT2D eigenvalue weighted by atomic mass is 32.2. The second-order valence-electron chi connectivity index (χ2n) is 7.19. The maximum atomic E-state index is 13.0. The average Bonchev–Trinajstić information content (AvgIpc) is 2.78. The lowest BCUT2D eigenvalue weighted by Gasteiger charge is -2.20. The maximum Gasteiger partial charge on any atom is 0.255 e. The maximum absolute atomic E-state index is 13.0. The third kappa shape index (κ3) is 5.61.